The van der Waals surface area contributed by atoms with Crippen molar-refractivity contribution < 1.29 is 4.74 Å². The first-order valence-corrected chi connectivity index (χ1v) is 6.46. The molecule has 0 amide bonds. The summed E-state index contributed by atoms with van der Waals surface area (Å²) in [6.07, 6.45) is 3.53. The summed E-state index contributed by atoms with van der Waals surface area (Å²) in [5.41, 5.74) is 8.43. The van der Waals surface area contributed by atoms with E-state index in [0.29, 0.717) is 13.2 Å². The molecule has 1 aromatic carbocycles. The molecule has 3 rings (SSSR count). The van der Waals surface area contributed by atoms with Crippen LogP contribution < -0.4 is 10.5 Å². The number of pyridine rings is 2. The Labute approximate surface area is 117 Å². The third-order valence-corrected chi connectivity index (χ3v) is 3.07. The van der Waals surface area contributed by atoms with Crippen molar-refractivity contribution >= 4 is 10.9 Å². The van der Waals surface area contributed by atoms with Gasteiger partial charge in [0.25, 0.3) is 0 Å². The fraction of sp³-hybridized carbons (Fsp3) is 0.125. The molecule has 0 bridgehead atoms. The van der Waals surface area contributed by atoms with E-state index in [9.17, 15) is 0 Å². The van der Waals surface area contributed by atoms with Crippen LogP contribution in [0.5, 0.6) is 5.75 Å². The molecule has 0 spiro atoms. The number of aromatic nitrogens is 2. The molecular weight excluding hydrogens is 250 g/mol. The van der Waals surface area contributed by atoms with E-state index in [-0.39, 0.29) is 0 Å². The zero-order valence-electron chi connectivity index (χ0n) is 11.0. The highest BCUT2D eigenvalue weighted by Crippen LogP contribution is 2.19. The minimum atomic E-state index is 0.438. The van der Waals surface area contributed by atoms with Crippen LogP contribution in [0.2, 0.25) is 0 Å². The summed E-state index contributed by atoms with van der Waals surface area (Å²) >= 11 is 0. The fourth-order valence-corrected chi connectivity index (χ4v) is 2.03. The van der Waals surface area contributed by atoms with E-state index in [1.54, 1.807) is 12.4 Å². The topological polar surface area (TPSA) is 61.0 Å². The second-order valence-corrected chi connectivity index (χ2v) is 4.51. The van der Waals surface area contributed by atoms with Crippen LogP contribution in [-0.2, 0) is 13.2 Å². The minimum Gasteiger partial charge on any atom is -0.489 e. The monoisotopic (exact) mass is 265 g/mol. The lowest BCUT2D eigenvalue weighted by atomic mass is 10.2. The number of fused-ring (bicyclic) bond motifs is 1. The van der Waals surface area contributed by atoms with Crippen molar-refractivity contribution in [2.24, 2.45) is 5.73 Å². The van der Waals surface area contributed by atoms with Crippen LogP contribution in [0.4, 0.5) is 0 Å². The van der Waals surface area contributed by atoms with Gasteiger partial charge >= 0.3 is 0 Å². The Balaban J connectivity index is 1.76. The summed E-state index contributed by atoms with van der Waals surface area (Å²) in [5, 5.41) is 1.11. The van der Waals surface area contributed by atoms with Crippen molar-refractivity contribution in [3.63, 3.8) is 0 Å². The van der Waals surface area contributed by atoms with Gasteiger partial charge in [-0.05, 0) is 35.9 Å². The van der Waals surface area contributed by atoms with Gasteiger partial charge in [0.05, 0.1) is 11.2 Å². The predicted molar refractivity (Wildman–Crippen MR) is 78.2 cm³/mol. The molecule has 0 atom stereocenters. The molecule has 3 aromatic rings. The molecule has 100 valence electrons. The molecule has 0 fully saturated rings. The number of benzene rings is 1. The third-order valence-electron chi connectivity index (χ3n) is 3.07. The van der Waals surface area contributed by atoms with E-state index in [2.05, 4.69) is 9.97 Å². The summed E-state index contributed by atoms with van der Waals surface area (Å²) in [7, 11) is 0. The first-order chi connectivity index (χ1) is 9.85. The Kier molecular flexibility index (Phi) is 3.56. The van der Waals surface area contributed by atoms with Crippen molar-refractivity contribution in [2.45, 2.75) is 13.2 Å². The van der Waals surface area contributed by atoms with Crippen molar-refractivity contribution in [2.75, 3.05) is 0 Å². The average Bonchev–Trinajstić information content (AvgIpc) is 2.53. The molecule has 20 heavy (non-hydrogen) atoms. The number of hydrogen-bond acceptors (Lipinski definition) is 4. The summed E-state index contributed by atoms with van der Waals surface area (Å²) in [6, 6.07) is 13.7. The number of hydrogen-bond donors (Lipinski definition) is 1. The maximum absolute atomic E-state index is 5.79. The molecule has 0 unspecified atom stereocenters. The summed E-state index contributed by atoms with van der Waals surface area (Å²) < 4.78 is 5.79. The number of rotatable bonds is 4. The van der Waals surface area contributed by atoms with E-state index in [0.717, 1.165) is 27.9 Å². The van der Waals surface area contributed by atoms with E-state index in [1.165, 1.54) is 0 Å². The van der Waals surface area contributed by atoms with Gasteiger partial charge in [0.1, 0.15) is 12.4 Å². The Bertz CT molecular complexity index is 727. The lowest BCUT2D eigenvalue weighted by molar-refractivity contribution is 0.306. The number of nitrogens with zero attached hydrogens (tertiary/aromatic N) is 2. The van der Waals surface area contributed by atoms with Gasteiger partial charge in [0.15, 0.2) is 0 Å². The molecule has 0 radical (unpaired) electrons. The van der Waals surface area contributed by atoms with Crippen LogP contribution in [0.3, 0.4) is 0 Å². The lowest BCUT2D eigenvalue weighted by Gasteiger charge is -2.08. The van der Waals surface area contributed by atoms with Gasteiger partial charge in [-0.2, -0.15) is 0 Å². The summed E-state index contributed by atoms with van der Waals surface area (Å²) in [4.78, 5) is 8.48. The number of nitrogens with two attached hydrogens (primary N) is 1. The minimum absolute atomic E-state index is 0.438. The Morgan fingerprint density at radius 1 is 1.00 bits per heavy atom. The molecular formula is C16H15N3O. The van der Waals surface area contributed by atoms with Gasteiger partial charge in [0.2, 0.25) is 0 Å². The average molecular weight is 265 g/mol. The maximum Gasteiger partial charge on any atom is 0.122 e. The van der Waals surface area contributed by atoms with Crippen LogP contribution in [-0.4, -0.2) is 9.97 Å². The van der Waals surface area contributed by atoms with E-state index in [4.69, 9.17) is 10.5 Å². The third kappa shape index (κ3) is 2.75. The Morgan fingerprint density at radius 3 is 2.85 bits per heavy atom. The molecule has 4 heteroatoms. The van der Waals surface area contributed by atoms with Gasteiger partial charge in [-0.25, -0.2) is 0 Å². The van der Waals surface area contributed by atoms with Crippen molar-refractivity contribution in [1.29, 1.82) is 0 Å². The van der Waals surface area contributed by atoms with Gasteiger partial charge in [-0.15, -0.1) is 0 Å². The molecule has 4 nitrogen and oxygen atoms in total. The van der Waals surface area contributed by atoms with Gasteiger partial charge in [0, 0.05) is 30.4 Å². The first-order valence-electron chi connectivity index (χ1n) is 6.46. The van der Waals surface area contributed by atoms with Crippen LogP contribution in [0.25, 0.3) is 10.9 Å². The maximum atomic E-state index is 5.79. The standard InChI is InChI=1S/C16H15N3O/c17-10-14-8-12(5-7-18-14)11-20-15-4-3-13-2-1-6-19-16(13)9-15/h1-9H,10-11,17H2. The molecule has 0 aliphatic rings. The van der Waals surface area contributed by atoms with Gasteiger partial charge < -0.3 is 10.5 Å². The van der Waals surface area contributed by atoms with E-state index < -0.39 is 0 Å². The highest BCUT2D eigenvalue weighted by molar-refractivity contribution is 5.79. The van der Waals surface area contributed by atoms with E-state index in [1.807, 2.05) is 42.5 Å². The Hall–Kier alpha value is -2.46. The Morgan fingerprint density at radius 2 is 1.95 bits per heavy atom. The van der Waals surface area contributed by atoms with E-state index >= 15 is 0 Å². The second kappa shape index (κ2) is 5.67. The molecule has 0 saturated carbocycles. The van der Waals surface area contributed by atoms with Gasteiger partial charge in [-0.1, -0.05) is 6.07 Å². The van der Waals surface area contributed by atoms with Crippen LogP contribution >= 0.6 is 0 Å². The smallest absolute Gasteiger partial charge is 0.122 e. The fourth-order valence-electron chi connectivity index (χ4n) is 2.03. The molecule has 0 saturated heterocycles. The molecule has 0 aliphatic heterocycles. The first kappa shape index (κ1) is 12.6. The molecule has 0 aliphatic carbocycles. The SMILES string of the molecule is NCc1cc(COc2ccc3cccnc3c2)ccn1. The van der Waals surface area contributed by atoms with Crippen molar-refractivity contribution in [3.8, 4) is 5.75 Å². The van der Waals surface area contributed by atoms with Gasteiger partial charge in [-0.3, -0.25) is 9.97 Å². The second-order valence-electron chi connectivity index (χ2n) is 4.51. The number of ether oxygens (including phenoxy) is 1. The molecule has 2 N–H and O–H groups in total. The van der Waals surface area contributed by atoms with Crippen molar-refractivity contribution in [1.82, 2.24) is 9.97 Å². The largest absolute Gasteiger partial charge is 0.489 e. The zero-order valence-corrected chi connectivity index (χ0v) is 11.0. The highest BCUT2D eigenvalue weighted by atomic mass is 16.5. The zero-order chi connectivity index (χ0) is 13.8. The van der Waals surface area contributed by atoms with Crippen LogP contribution in [0, 0.1) is 0 Å². The predicted octanol–water partition coefficient (Wildman–Crippen LogP) is 2.67. The molecule has 2 aromatic heterocycles. The summed E-state index contributed by atoms with van der Waals surface area (Å²) in [6.45, 7) is 0.932. The molecule has 2 heterocycles. The normalized spacial score (nSPS) is 10.7. The lowest BCUT2D eigenvalue weighted by Crippen LogP contribution is -2.02. The van der Waals surface area contributed by atoms with Crippen LogP contribution in [0.15, 0.2) is 54.9 Å². The highest BCUT2D eigenvalue weighted by Gasteiger charge is 2.00. The quantitative estimate of drug-likeness (QED) is 0.787. The summed E-state index contributed by atoms with van der Waals surface area (Å²) in [5.74, 6) is 0.808. The van der Waals surface area contributed by atoms with Crippen LogP contribution in [0.1, 0.15) is 11.3 Å². The van der Waals surface area contributed by atoms with Crippen molar-refractivity contribution in [3.05, 3.63) is 66.1 Å².